The molecule has 4 rings (SSSR count). The molecule has 186 valence electrons. The number of rotatable bonds is 6. The molecule has 0 radical (unpaired) electrons. The molecule has 0 spiro atoms. The SMILES string of the molecule is Cc1ccc(C(CC(=O)O)c2ccn(C)c(=O)c2)cc1CN1CC(C)Oc2ncccc2S1(O)O. The Morgan fingerprint density at radius 2 is 1.97 bits per heavy atom. The molecule has 1 aliphatic rings. The normalized spacial score (nSPS) is 19.2. The largest absolute Gasteiger partial charge is 0.481 e. The summed E-state index contributed by atoms with van der Waals surface area (Å²) in [6, 6.07) is 12.1. The van der Waals surface area contributed by atoms with Gasteiger partial charge in [0.1, 0.15) is 11.0 Å². The second-order valence-electron chi connectivity index (χ2n) is 8.82. The molecule has 3 aromatic rings. The van der Waals surface area contributed by atoms with Crippen LogP contribution >= 0.6 is 10.8 Å². The van der Waals surface area contributed by atoms with Crippen molar-refractivity contribution in [1.82, 2.24) is 13.9 Å². The lowest BCUT2D eigenvalue weighted by Crippen LogP contribution is -2.33. The first kappa shape index (κ1) is 24.9. The molecular formula is C25H29N3O6S. The number of aromatic nitrogens is 2. The van der Waals surface area contributed by atoms with Crippen molar-refractivity contribution in [1.29, 1.82) is 0 Å². The van der Waals surface area contributed by atoms with Gasteiger partial charge in [-0.1, -0.05) is 18.2 Å². The van der Waals surface area contributed by atoms with Gasteiger partial charge in [-0.05, 0) is 54.3 Å². The molecule has 0 bridgehead atoms. The summed E-state index contributed by atoms with van der Waals surface area (Å²) < 4.78 is 31.2. The van der Waals surface area contributed by atoms with E-state index in [-0.39, 0.29) is 41.9 Å². The second kappa shape index (κ2) is 9.82. The van der Waals surface area contributed by atoms with Crippen LogP contribution in [-0.2, 0) is 18.4 Å². The number of hydrogen-bond donors (Lipinski definition) is 3. The fourth-order valence-electron chi connectivity index (χ4n) is 4.24. The van der Waals surface area contributed by atoms with E-state index in [1.54, 1.807) is 41.9 Å². The molecule has 0 fully saturated rings. The maximum Gasteiger partial charge on any atom is 0.304 e. The molecule has 0 saturated carbocycles. The van der Waals surface area contributed by atoms with Gasteiger partial charge in [0.2, 0.25) is 5.88 Å². The molecule has 0 aliphatic carbocycles. The Morgan fingerprint density at radius 1 is 1.23 bits per heavy atom. The lowest BCUT2D eigenvalue weighted by atomic mass is 9.87. The smallest absolute Gasteiger partial charge is 0.304 e. The highest BCUT2D eigenvalue weighted by molar-refractivity contribution is 8.22. The molecular weight excluding hydrogens is 470 g/mol. The number of pyridine rings is 2. The van der Waals surface area contributed by atoms with Crippen molar-refractivity contribution in [2.24, 2.45) is 7.05 Å². The molecule has 10 heteroatoms. The highest BCUT2D eigenvalue weighted by Crippen LogP contribution is 2.56. The Balaban J connectivity index is 1.72. The van der Waals surface area contributed by atoms with Crippen LogP contribution in [-0.4, -0.2) is 46.7 Å². The van der Waals surface area contributed by atoms with Crippen molar-refractivity contribution in [2.75, 3.05) is 6.54 Å². The molecule has 9 nitrogen and oxygen atoms in total. The van der Waals surface area contributed by atoms with Crippen LogP contribution in [0.5, 0.6) is 5.88 Å². The molecule has 3 N–H and O–H groups in total. The van der Waals surface area contributed by atoms with Crippen molar-refractivity contribution in [3.63, 3.8) is 0 Å². The predicted octanol–water partition coefficient (Wildman–Crippen LogP) is 4.00. The minimum atomic E-state index is -3.37. The van der Waals surface area contributed by atoms with Crippen LogP contribution in [0.4, 0.5) is 0 Å². The van der Waals surface area contributed by atoms with Crippen LogP contribution < -0.4 is 10.3 Å². The lowest BCUT2D eigenvalue weighted by Gasteiger charge is -2.41. The summed E-state index contributed by atoms with van der Waals surface area (Å²) >= 11 is 0. The molecule has 1 aliphatic heterocycles. The van der Waals surface area contributed by atoms with E-state index in [1.165, 1.54) is 10.6 Å². The highest BCUT2D eigenvalue weighted by atomic mass is 32.3. The number of carboxylic acids is 1. The van der Waals surface area contributed by atoms with E-state index < -0.39 is 22.7 Å². The van der Waals surface area contributed by atoms with E-state index in [2.05, 4.69) is 4.98 Å². The van der Waals surface area contributed by atoms with Gasteiger partial charge >= 0.3 is 5.97 Å². The average molecular weight is 500 g/mol. The molecule has 1 aromatic carbocycles. The van der Waals surface area contributed by atoms with Gasteiger partial charge in [0.05, 0.1) is 13.0 Å². The Morgan fingerprint density at radius 3 is 2.69 bits per heavy atom. The van der Waals surface area contributed by atoms with Crippen molar-refractivity contribution in [3.8, 4) is 5.88 Å². The zero-order valence-corrected chi connectivity index (χ0v) is 20.6. The number of carbonyl (C=O) groups is 1. The van der Waals surface area contributed by atoms with Gasteiger partial charge in [-0.15, -0.1) is 10.8 Å². The Bertz CT molecular complexity index is 1310. The lowest BCUT2D eigenvalue weighted by molar-refractivity contribution is -0.137. The van der Waals surface area contributed by atoms with Crippen LogP contribution in [0.3, 0.4) is 0 Å². The third-order valence-electron chi connectivity index (χ3n) is 6.20. The number of carboxylic acid groups (broad SMARTS) is 1. The Kier molecular flexibility index (Phi) is 7.00. The number of benzene rings is 1. The summed E-state index contributed by atoms with van der Waals surface area (Å²) in [6.07, 6.45) is 2.66. The summed E-state index contributed by atoms with van der Waals surface area (Å²) in [5.41, 5.74) is 2.88. The molecule has 0 saturated heterocycles. The van der Waals surface area contributed by atoms with E-state index in [0.717, 1.165) is 16.7 Å². The number of fused-ring (bicyclic) bond motifs is 1. The van der Waals surface area contributed by atoms with Crippen LogP contribution in [0.1, 0.15) is 41.5 Å². The maximum atomic E-state index is 12.2. The molecule has 3 heterocycles. The summed E-state index contributed by atoms with van der Waals surface area (Å²) in [7, 11) is -1.74. The van der Waals surface area contributed by atoms with Crippen molar-refractivity contribution in [2.45, 2.75) is 43.7 Å². The van der Waals surface area contributed by atoms with Crippen molar-refractivity contribution in [3.05, 3.63) is 87.5 Å². The maximum absolute atomic E-state index is 12.2. The number of aliphatic carboxylic acids is 1. The fourth-order valence-corrected chi connectivity index (χ4v) is 5.85. The number of hydrogen-bond acceptors (Lipinski definition) is 7. The molecule has 2 atom stereocenters. The first-order valence-corrected chi connectivity index (χ1v) is 12.7. The minimum absolute atomic E-state index is 0.182. The minimum Gasteiger partial charge on any atom is -0.481 e. The Hall–Kier alpha value is -3.18. The molecule has 0 amide bonds. The van der Waals surface area contributed by atoms with E-state index in [1.807, 2.05) is 32.0 Å². The van der Waals surface area contributed by atoms with Gasteiger partial charge in [-0.3, -0.25) is 18.7 Å². The third-order valence-corrected chi connectivity index (χ3v) is 8.10. The Labute approximate surface area is 205 Å². The van der Waals surface area contributed by atoms with Gasteiger partial charge in [0, 0.05) is 38.0 Å². The van der Waals surface area contributed by atoms with Crippen molar-refractivity contribution >= 4 is 16.7 Å². The standard InChI is InChI=1S/C25H29N3O6S/c1-16-6-7-18(21(13-24(30)31)19-8-10-27(3)23(29)12-19)11-20(16)15-28-14-17(2)34-25-22(35(28,32)33)5-4-9-26-25/h4-12,17,21,32-33H,13-15H2,1-3H3,(H,30,31). The first-order chi connectivity index (χ1) is 16.6. The van der Waals surface area contributed by atoms with Gasteiger partial charge in [-0.25, -0.2) is 4.98 Å². The van der Waals surface area contributed by atoms with E-state index in [4.69, 9.17) is 4.74 Å². The average Bonchev–Trinajstić information content (AvgIpc) is 2.89. The summed E-state index contributed by atoms with van der Waals surface area (Å²) in [4.78, 5) is 28.3. The fraction of sp³-hybridized carbons (Fsp3) is 0.320. The van der Waals surface area contributed by atoms with Crippen LogP contribution in [0, 0.1) is 6.92 Å². The zero-order chi connectivity index (χ0) is 25.3. The topological polar surface area (TPSA) is 125 Å². The number of nitrogens with zero attached hydrogens (tertiary/aromatic N) is 3. The number of ether oxygens (including phenoxy) is 1. The van der Waals surface area contributed by atoms with Gasteiger partial charge in [0.15, 0.2) is 0 Å². The summed E-state index contributed by atoms with van der Waals surface area (Å²) in [6.45, 7) is 4.23. The quantitative estimate of drug-likeness (QED) is 0.465. The monoisotopic (exact) mass is 499 g/mol. The third kappa shape index (κ3) is 5.25. The number of aryl methyl sites for hydroxylation is 2. The van der Waals surface area contributed by atoms with Gasteiger partial charge < -0.3 is 14.4 Å². The highest BCUT2D eigenvalue weighted by Gasteiger charge is 2.35. The first-order valence-electron chi connectivity index (χ1n) is 11.2. The van der Waals surface area contributed by atoms with Crippen LogP contribution in [0.15, 0.2) is 64.5 Å². The summed E-state index contributed by atoms with van der Waals surface area (Å²) in [5.74, 6) is -1.30. The molecule has 2 aromatic heterocycles. The molecule has 35 heavy (non-hydrogen) atoms. The predicted molar refractivity (Wildman–Crippen MR) is 133 cm³/mol. The van der Waals surface area contributed by atoms with Gasteiger partial charge in [0.25, 0.3) is 5.56 Å². The van der Waals surface area contributed by atoms with Crippen LogP contribution in [0.2, 0.25) is 0 Å². The summed E-state index contributed by atoms with van der Waals surface area (Å²) in [5, 5.41) is 9.56. The van der Waals surface area contributed by atoms with E-state index >= 15 is 0 Å². The van der Waals surface area contributed by atoms with E-state index in [0.29, 0.717) is 5.56 Å². The van der Waals surface area contributed by atoms with Crippen molar-refractivity contribution < 1.29 is 23.7 Å². The zero-order valence-electron chi connectivity index (χ0n) is 19.8. The van der Waals surface area contributed by atoms with Crippen LogP contribution in [0.25, 0.3) is 0 Å². The van der Waals surface area contributed by atoms with E-state index in [9.17, 15) is 23.8 Å². The molecule has 2 unspecified atom stereocenters. The second-order valence-corrected chi connectivity index (χ2v) is 10.8. The van der Waals surface area contributed by atoms with Gasteiger partial charge in [-0.2, -0.15) is 4.31 Å².